The number of benzene rings is 2. The predicted molar refractivity (Wildman–Crippen MR) is 113 cm³/mol. The molecule has 0 unspecified atom stereocenters. The number of aromatic nitrogens is 1. The molecule has 3 rings (SSSR count). The number of ether oxygens (including phenoxy) is 1. The lowest BCUT2D eigenvalue weighted by Crippen LogP contribution is -2.39. The van der Waals surface area contributed by atoms with Crippen molar-refractivity contribution in [2.75, 3.05) is 25.5 Å². The number of amides is 3. The smallest absolute Gasteiger partial charge is 0.412 e. The lowest BCUT2D eigenvalue weighted by Gasteiger charge is -2.18. The van der Waals surface area contributed by atoms with Crippen molar-refractivity contribution < 1.29 is 14.3 Å². The average molecular weight is 413 g/mol. The van der Waals surface area contributed by atoms with Crippen LogP contribution in [0.15, 0.2) is 60.8 Å². The molecule has 1 aromatic heterocycles. The van der Waals surface area contributed by atoms with Gasteiger partial charge in [0.1, 0.15) is 12.4 Å². The molecule has 0 aliphatic carbocycles. The lowest BCUT2D eigenvalue weighted by molar-refractivity contribution is 0.146. The quantitative estimate of drug-likeness (QED) is 0.633. The molecule has 0 fully saturated rings. The summed E-state index contributed by atoms with van der Waals surface area (Å²) < 4.78 is 5.13. The van der Waals surface area contributed by atoms with Crippen molar-refractivity contribution in [3.8, 4) is 0 Å². The van der Waals surface area contributed by atoms with E-state index in [0.29, 0.717) is 17.4 Å². The Kier molecular flexibility index (Phi) is 6.86. The predicted octanol–water partition coefficient (Wildman–Crippen LogP) is 4.28. The van der Waals surface area contributed by atoms with Gasteiger partial charge in [-0.2, -0.15) is 0 Å². The van der Waals surface area contributed by atoms with Gasteiger partial charge in [-0.3, -0.25) is 5.32 Å². The van der Waals surface area contributed by atoms with Crippen LogP contribution < -0.4 is 10.6 Å². The fourth-order valence-electron chi connectivity index (χ4n) is 2.62. The minimum atomic E-state index is -0.627. The molecule has 0 saturated carbocycles. The number of pyridine rings is 1. The normalized spacial score (nSPS) is 10.4. The first-order valence-corrected chi connectivity index (χ1v) is 9.41. The highest BCUT2D eigenvalue weighted by Gasteiger charge is 2.11. The van der Waals surface area contributed by atoms with Gasteiger partial charge in [0.15, 0.2) is 0 Å². The van der Waals surface area contributed by atoms with E-state index in [1.807, 2.05) is 42.5 Å². The molecule has 0 atom stereocenters. The highest BCUT2D eigenvalue weighted by molar-refractivity contribution is 6.31. The molecule has 150 valence electrons. The zero-order valence-corrected chi connectivity index (χ0v) is 16.6. The maximum absolute atomic E-state index is 12.1. The maximum atomic E-state index is 12.1. The molecule has 29 heavy (non-hydrogen) atoms. The number of urea groups is 1. The zero-order valence-electron chi connectivity index (χ0n) is 15.9. The monoisotopic (exact) mass is 412 g/mol. The van der Waals surface area contributed by atoms with E-state index in [1.54, 1.807) is 25.4 Å². The molecule has 3 aromatic rings. The topological polar surface area (TPSA) is 83.6 Å². The van der Waals surface area contributed by atoms with Crippen LogP contribution in [0.3, 0.4) is 0 Å². The maximum Gasteiger partial charge on any atom is 0.412 e. The second-order valence-corrected chi connectivity index (χ2v) is 6.76. The summed E-state index contributed by atoms with van der Waals surface area (Å²) in [4.78, 5) is 29.7. The van der Waals surface area contributed by atoms with Crippen molar-refractivity contribution >= 4 is 40.3 Å². The van der Waals surface area contributed by atoms with E-state index in [-0.39, 0.29) is 19.2 Å². The number of carbonyl (C=O) groups is 2. The Hall–Kier alpha value is -3.32. The van der Waals surface area contributed by atoms with Crippen LogP contribution in [0, 0.1) is 0 Å². The van der Waals surface area contributed by atoms with Crippen molar-refractivity contribution in [1.82, 2.24) is 15.2 Å². The molecule has 2 N–H and O–H groups in total. The van der Waals surface area contributed by atoms with E-state index >= 15 is 0 Å². The minimum absolute atomic E-state index is 0.0510. The van der Waals surface area contributed by atoms with Gasteiger partial charge in [0, 0.05) is 30.2 Å². The number of fused-ring (bicyclic) bond motifs is 1. The van der Waals surface area contributed by atoms with Gasteiger partial charge in [-0.05, 0) is 23.1 Å². The highest BCUT2D eigenvalue weighted by Crippen LogP contribution is 2.16. The molecule has 0 spiro atoms. The van der Waals surface area contributed by atoms with Crippen LogP contribution in [0.4, 0.5) is 15.4 Å². The summed E-state index contributed by atoms with van der Waals surface area (Å²) in [6.07, 6.45) is 1.06. The summed E-state index contributed by atoms with van der Waals surface area (Å²) in [7, 11) is 1.62. The van der Waals surface area contributed by atoms with Gasteiger partial charge in [-0.15, -0.1) is 0 Å². The standard InChI is InChI=1S/C21H21ClN4O3/c1-26(20(27)24-14-17-8-4-5-9-18(17)22)10-11-29-21(28)25-19-12-15-6-2-3-7-16(15)13-23-19/h2-9,12-13H,10-11,14H2,1H3,(H,24,27)(H,23,25,28). The van der Waals surface area contributed by atoms with Gasteiger partial charge >= 0.3 is 12.1 Å². The molecule has 8 heteroatoms. The third kappa shape index (κ3) is 5.83. The average Bonchev–Trinajstić information content (AvgIpc) is 2.72. The summed E-state index contributed by atoms with van der Waals surface area (Å²) in [5, 5.41) is 7.90. The van der Waals surface area contributed by atoms with E-state index in [9.17, 15) is 9.59 Å². The Morgan fingerprint density at radius 1 is 1.10 bits per heavy atom. The minimum Gasteiger partial charge on any atom is -0.447 e. The lowest BCUT2D eigenvalue weighted by atomic mass is 10.2. The van der Waals surface area contributed by atoms with Gasteiger partial charge in [-0.1, -0.05) is 54.1 Å². The summed E-state index contributed by atoms with van der Waals surface area (Å²) in [6.45, 7) is 0.611. The molecule has 0 saturated heterocycles. The molecule has 7 nitrogen and oxygen atoms in total. The second-order valence-electron chi connectivity index (χ2n) is 6.35. The van der Waals surface area contributed by atoms with Gasteiger partial charge in [0.25, 0.3) is 0 Å². The molecule has 1 heterocycles. The highest BCUT2D eigenvalue weighted by atomic mass is 35.5. The summed E-state index contributed by atoms with van der Waals surface area (Å²) in [6, 6.07) is 16.5. The van der Waals surface area contributed by atoms with Crippen molar-refractivity contribution in [3.63, 3.8) is 0 Å². The number of hydrogen-bond acceptors (Lipinski definition) is 4. The van der Waals surface area contributed by atoms with Crippen LogP contribution in [-0.4, -0.2) is 42.2 Å². The molecular weight excluding hydrogens is 392 g/mol. The van der Waals surface area contributed by atoms with E-state index < -0.39 is 6.09 Å². The van der Waals surface area contributed by atoms with Gasteiger partial charge in [0.2, 0.25) is 0 Å². The first-order chi connectivity index (χ1) is 14.0. The summed E-state index contributed by atoms with van der Waals surface area (Å²) >= 11 is 6.07. The fourth-order valence-corrected chi connectivity index (χ4v) is 2.82. The van der Waals surface area contributed by atoms with E-state index in [2.05, 4.69) is 15.6 Å². The number of nitrogens with one attached hydrogen (secondary N) is 2. The van der Waals surface area contributed by atoms with Crippen LogP contribution in [0.2, 0.25) is 5.02 Å². The van der Waals surface area contributed by atoms with Crippen LogP contribution in [-0.2, 0) is 11.3 Å². The second kappa shape index (κ2) is 9.75. The fraction of sp³-hybridized carbons (Fsp3) is 0.190. The molecule has 0 radical (unpaired) electrons. The largest absolute Gasteiger partial charge is 0.447 e. The molecule has 2 aromatic carbocycles. The first-order valence-electron chi connectivity index (χ1n) is 9.04. The third-order valence-corrected chi connectivity index (χ3v) is 4.62. The van der Waals surface area contributed by atoms with Gasteiger partial charge in [-0.25, -0.2) is 14.6 Å². The number of anilines is 1. The first kappa shape index (κ1) is 20.4. The number of hydrogen-bond donors (Lipinski definition) is 2. The number of likely N-dealkylation sites (N-methyl/N-ethyl adjacent to an activating group) is 1. The number of nitrogens with zero attached hydrogens (tertiary/aromatic N) is 2. The van der Waals surface area contributed by atoms with Crippen molar-refractivity contribution in [2.24, 2.45) is 0 Å². The molecule has 0 aliphatic rings. The number of carbonyl (C=O) groups excluding carboxylic acids is 2. The Morgan fingerprint density at radius 3 is 2.62 bits per heavy atom. The Labute approximate surface area is 173 Å². The Balaban J connectivity index is 1.40. The Bertz CT molecular complexity index is 1010. The molecule has 3 amide bonds. The van der Waals surface area contributed by atoms with Crippen LogP contribution in [0.25, 0.3) is 10.8 Å². The van der Waals surface area contributed by atoms with E-state index in [4.69, 9.17) is 16.3 Å². The number of rotatable bonds is 6. The SMILES string of the molecule is CN(CCOC(=O)Nc1cc2ccccc2cn1)C(=O)NCc1ccccc1Cl. The summed E-state index contributed by atoms with van der Waals surface area (Å²) in [5.74, 6) is 0.402. The van der Waals surface area contributed by atoms with E-state index in [0.717, 1.165) is 16.3 Å². The molecule has 0 bridgehead atoms. The van der Waals surface area contributed by atoms with Crippen molar-refractivity contribution in [1.29, 1.82) is 0 Å². The zero-order chi connectivity index (χ0) is 20.6. The molecule has 0 aliphatic heterocycles. The van der Waals surface area contributed by atoms with Crippen molar-refractivity contribution in [3.05, 3.63) is 71.4 Å². The Morgan fingerprint density at radius 2 is 1.83 bits per heavy atom. The van der Waals surface area contributed by atoms with Gasteiger partial charge < -0.3 is 15.0 Å². The van der Waals surface area contributed by atoms with Crippen molar-refractivity contribution in [2.45, 2.75) is 6.54 Å². The third-order valence-electron chi connectivity index (χ3n) is 4.26. The number of halogens is 1. The van der Waals surface area contributed by atoms with Crippen LogP contribution in [0.1, 0.15) is 5.56 Å². The van der Waals surface area contributed by atoms with E-state index in [1.165, 1.54) is 4.90 Å². The van der Waals surface area contributed by atoms with Crippen LogP contribution in [0.5, 0.6) is 0 Å². The van der Waals surface area contributed by atoms with Gasteiger partial charge in [0.05, 0.1) is 6.54 Å². The summed E-state index contributed by atoms with van der Waals surface area (Å²) in [5.41, 5.74) is 0.828. The molecular formula is C21H21ClN4O3. The van der Waals surface area contributed by atoms with Crippen LogP contribution >= 0.6 is 11.6 Å².